The zero-order valence-corrected chi connectivity index (χ0v) is 14.5. The fourth-order valence-corrected chi connectivity index (χ4v) is 3.17. The smallest absolute Gasteiger partial charge is 0.468 e. The number of carbonyl (C=O) groups is 3. The summed E-state index contributed by atoms with van der Waals surface area (Å²) in [5.41, 5.74) is -1.25. The predicted molar refractivity (Wildman–Crippen MR) is 83.0 cm³/mol. The number of fused-ring (bicyclic) bond motifs is 2. The van der Waals surface area contributed by atoms with E-state index in [0.717, 1.165) is 0 Å². The fraction of sp³-hybridized carbons (Fsp3) is 0.706. The van der Waals surface area contributed by atoms with E-state index in [4.69, 9.17) is 18.9 Å². The molecule has 2 aliphatic rings. The first-order valence-corrected chi connectivity index (χ1v) is 8.00. The molecule has 24 heavy (non-hydrogen) atoms. The summed E-state index contributed by atoms with van der Waals surface area (Å²) in [6.45, 7) is 5.42. The van der Waals surface area contributed by atoms with Gasteiger partial charge in [-0.2, -0.15) is 0 Å². The Labute approximate surface area is 141 Å². The Morgan fingerprint density at radius 3 is 2.71 bits per heavy atom. The maximum Gasteiger partial charge on any atom is 0.508 e. The average Bonchev–Trinajstić information content (AvgIpc) is 2.80. The molecule has 1 fully saturated rings. The summed E-state index contributed by atoms with van der Waals surface area (Å²) in [6, 6.07) is 0. The lowest BCUT2D eigenvalue weighted by atomic mass is 9.70. The van der Waals surface area contributed by atoms with E-state index >= 15 is 0 Å². The molecule has 0 radical (unpaired) electrons. The summed E-state index contributed by atoms with van der Waals surface area (Å²) in [5.74, 6) is -2.13. The molecule has 3 atom stereocenters. The molecule has 7 heteroatoms. The summed E-state index contributed by atoms with van der Waals surface area (Å²) in [5, 5.41) is 0. The summed E-state index contributed by atoms with van der Waals surface area (Å²) in [4.78, 5) is 35.6. The molecule has 134 valence electrons. The minimum atomic E-state index is -0.973. The second-order valence-electron chi connectivity index (χ2n) is 7.14. The molecule has 0 amide bonds. The lowest BCUT2D eigenvalue weighted by Gasteiger charge is -2.37. The molecule has 0 aromatic rings. The lowest BCUT2D eigenvalue weighted by molar-refractivity contribution is -0.175. The molecule has 1 aliphatic heterocycles. The number of allylic oxidation sites excluding steroid dienone is 1. The van der Waals surface area contributed by atoms with Gasteiger partial charge in [0.1, 0.15) is 11.7 Å². The highest BCUT2D eigenvalue weighted by atomic mass is 16.7. The standard InChI is InChI=1S/C17H24O7/c1-16(2,3)24-15(20)22-9-5-7-17-8-6-11(10-17)23-14(19)12(17)13(18)21-4/h6,8,11-12H,5,7,9-10H2,1-4H3/t11-,12?,17+/m1/s1. The largest absolute Gasteiger partial charge is 0.508 e. The zero-order valence-electron chi connectivity index (χ0n) is 14.5. The molecule has 1 saturated heterocycles. The van der Waals surface area contributed by atoms with Gasteiger partial charge in [0, 0.05) is 5.41 Å². The van der Waals surface area contributed by atoms with Crippen molar-refractivity contribution in [3.05, 3.63) is 12.2 Å². The summed E-state index contributed by atoms with van der Waals surface area (Å²) >= 11 is 0. The van der Waals surface area contributed by atoms with Gasteiger partial charge >= 0.3 is 18.1 Å². The summed E-state index contributed by atoms with van der Waals surface area (Å²) in [6.07, 6.45) is 4.19. The SMILES string of the molecule is COC(=O)C1C(=O)O[C@@H]2C=C[C@@]1(CCCOC(=O)OC(C)(C)C)C2. The normalized spacial score (nSPS) is 28.2. The number of hydrogen-bond donors (Lipinski definition) is 0. The second-order valence-corrected chi connectivity index (χ2v) is 7.14. The molecular weight excluding hydrogens is 316 g/mol. The Morgan fingerprint density at radius 2 is 2.08 bits per heavy atom. The second kappa shape index (κ2) is 6.83. The Kier molecular flexibility index (Phi) is 5.20. The maximum absolute atomic E-state index is 12.1. The summed E-state index contributed by atoms with van der Waals surface area (Å²) in [7, 11) is 1.25. The number of hydrogen-bond acceptors (Lipinski definition) is 7. The van der Waals surface area contributed by atoms with Crippen LogP contribution in [0.3, 0.4) is 0 Å². The molecule has 0 aromatic carbocycles. The highest BCUT2D eigenvalue weighted by Crippen LogP contribution is 2.49. The highest BCUT2D eigenvalue weighted by molar-refractivity contribution is 5.97. The predicted octanol–water partition coefficient (Wildman–Crippen LogP) is 2.38. The Bertz CT molecular complexity index is 546. The molecule has 2 bridgehead atoms. The van der Waals surface area contributed by atoms with Crippen LogP contribution in [0.5, 0.6) is 0 Å². The number of rotatable bonds is 5. The average molecular weight is 340 g/mol. The summed E-state index contributed by atoms with van der Waals surface area (Å²) < 4.78 is 20.1. The molecule has 0 saturated carbocycles. The third-order valence-electron chi connectivity index (χ3n) is 4.14. The van der Waals surface area contributed by atoms with Crippen LogP contribution in [0.15, 0.2) is 12.2 Å². The van der Waals surface area contributed by atoms with Gasteiger partial charge < -0.3 is 18.9 Å². The van der Waals surface area contributed by atoms with Gasteiger partial charge in [0.2, 0.25) is 0 Å². The molecule has 1 aliphatic carbocycles. The third-order valence-corrected chi connectivity index (χ3v) is 4.14. The van der Waals surface area contributed by atoms with E-state index in [2.05, 4.69) is 0 Å². The first kappa shape index (κ1) is 18.3. The molecule has 0 spiro atoms. The van der Waals surface area contributed by atoms with Crippen LogP contribution in [0.25, 0.3) is 0 Å². The van der Waals surface area contributed by atoms with Crippen LogP contribution in [0, 0.1) is 11.3 Å². The monoisotopic (exact) mass is 340 g/mol. The van der Waals surface area contributed by atoms with Crippen molar-refractivity contribution in [1.82, 2.24) is 0 Å². The van der Waals surface area contributed by atoms with Gasteiger partial charge in [-0.05, 0) is 46.1 Å². The molecule has 0 aromatic heterocycles. The first-order chi connectivity index (χ1) is 11.2. The van der Waals surface area contributed by atoms with E-state index in [1.165, 1.54) is 7.11 Å². The van der Waals surface area contributed by atoms with Crippen LogP contribution in [0.1, 0.15) is 40.0 Å². The molecular formula is C17H24O7. The van der Waals surface area contributed by atoms with Crippen LogP contribution >= 0.6 is 0 Å². The van der Waals surface area contributed by atoms with Crippen molar-refractivity contribution < 1.29 is 33.3 Å². The maximum atomic E-state index is 12.1. The van der Waals surface area contributed by atoms with Crippen molar-refractivity contribution in [3.8, 4) is 0 Å². The van der Waals surface area contributed by atoms with Crippen molar-refractivity contribution >= 4 is 18.1 Å². The quantitative estimate of drug-likeness (QED) is 0.250. The number of ether oxygens (including phenoxy) is 4. The number of carbonyl (C=O) groups excluding carboxylic acids is 3. The lowest BCUT2D eigenvalue weighted by Crippen LogP contribution is -2.46. The van der Waals surface area contributed by atoms with Gasteiger partial charge in [-0.15, -0.1) is 0 Å². The Hall–Kier alpha value is -2.05. The van der Waals surface area contributed by atoms with E-state index < -0.39 is 35.0 Å². The third kappa shape index (κ3) is 4.07. The van der Waals surface area contributed by atoms with Crippen molar-refractivity contribution in [3.63, 3.8) is 0 Å². The molecule has 1 unspecified atom stereocenters. The zero-order chi connectivity index (χ0) is 18.0. The van der Waals surface area contributed by atoms with Gasteiger partial charge in [0.05, 0.1) is 13.7 Å². The minimum Gasteiger partial charge on any atom is -0.468 e. The number of methoxy groups -OCH3 is 1. The van der Waals surface area contributed by atoms with Crippen molar-refractivity contribution in [1.29, 1.82) is 0 Å². The van der Waals surface area contributed by atoms with E-state index in [1.54, 1.807) is 26.8 Å². The van der Waals surface area contributed by atoms with Crippen molar-refractivity contribution in [2.75, 3.05) is 13.7 Å². The van der Waals surface area contributed by atoms with Crippen molar-refractivity contribution in [2.45, 2.75) is 51.7 Å². The molecule has 1 heterocycles. The minimum absolute atomic E-state index is 0.151. The van der Waals surface area contributed by atoms with Gasteiger partial charge in [0.25, 0.3) is 0 Å². The fourth-order valence-electron chi connectivity index (χ4n) is 3.17. The van der Waals surface area contributed by atoms with E-state index in [1.807, 2.05) is 6.08 Å². The van der Waals surface area contributed by atoms with Crippen LogP contribution < -0.4 is 0 Å². The first-order valence-electron chi connectivity index (χ1n) is 8.00. The van der Waals surface area contributed by atoms with Gasteiger partial charge in [-0.25, -0.2) is 4.79 Å². The Balaban J connectivity index is 1.92. The molecule has 2 rings (SSSR count). The van der Waals surface area contributed by atoms with E-state index in [9.17, 15) is 14.4 Å². The van der Waals surface area contributed by atoms with Crippen LogP contribution in [0.4, 0.5) is 4.79 Å². The van der Waals surface area contributed by atoms with Crippen molar-refractivity contribution in [2.24, 2.45) is 11.3 Å². The van der Waals surface area contributed by atoms with Gasteiger partial charge in [-0.1, -0.05) is 6.08 Å². The topological polar surface area (TPSA) is 88.1 Å². The Morgan fingerprint density at radius 1 is 1.38 bits per heavy atom. The van der Waals surface area contributed by atoms with Crippen LogP contribution in [-0.2, 0) is 28.5 Å². The number of esters is 2. The van der Waals surface area contributed by atoms with Gasteiger partial charge in [0.15, 0.2) is 5.92 Å². The van der Waals surface area contributed by atoms with E-state index in [0.29, 0.717) is 19.3 Å². The molecule has 7 nitrogen and oxygen atoms in total. The van der Waals surface area contributed by atoms with Crippen LogP contribution in [0.2, 0.25) is 0 Å². The van der Waals surface area contributed by atoms with Crippen LogP contribution in [-0.4, -0.2) is 43.5 Å². The van der Waals surface area contributed by atoms with E-state index in [-0.39, 0.29) is 12.7 Å². The highest BCUT2D eigenvalue weighted by Gasteiger charge is 2.55. The van der Waals surface area contributed by atoms with Gasteiger partial charge in [-0.3, -0.25) is 9.59 Å². The molecule has 0 N–H and O–H groups in total.